The molecule has 0 rings (SSSR count). The van der Waals surface area contributed by atoms with Crippen molar-refractivity contribution in [1.82, 2.24) is 0 Å². The van der Waals surface area contributed by atoms with E-state index in [-0.39, 0.29) is 0 Å². The van der Waals surface area contributed by atoms with Crippen LogP contribution in [0.2, 0.25) is 0 Å². The Kier molecular flexibility index (Phi) is 5.91. The lowest BCUT2D eigenvalue weighted by molar-refractivity contribution is -0.440. The van der Waals surface area contributed by atoms with Gasteiger partial charge in [0.05, 0.1) is 0 Å². The van der Waals surface area contributed by atoms with Crippen LogP contribution in [-0.4, -0.2) is 46.5 Å². The van der Waals surface area contributed by atoms with Crippen molar-refractivity contribution in [3.63, 3.8) is 0 Å². The minimum Gasteiger partial charge on any atom is -0.198 e. The molecule has 0 saturated heterocycles. The highest BCUT2D eigenvalue weighted by Crippen LogP contribution is 2.62. The smallest absolute Gasteiger partial charge is 0.198 e. The van der Waals surface area contributed by atoms with E-state index < -0.39 is 46.5 Å². The van der Waals surface area contributed by atoms with Crippen LogP contribution in [0.15, 0.2) is 0 Å². The molecule has 0 aromatic carbocycles. The van der Waals surface area contributed by atoms with Crippen LogP contribution in [0, 0.1) is 0 Å². The van der Waals surface area contributed by atoms with Gasteiger partial charge in [-0.2, -0.15) is 65.9 Å². The zero-order valence-electron chi connectivity index (χ0n) is 10.5. The van der Waals surface area contributed by atoms with E-state index >= 15 is 0 Å². The SMILES string of the molecule is FC(F)(Cl)C(Cl)C(F)(F)C(F)(F)C(F)(F)C(F)(F)C(F)(F)C(F)(F)F. The lowest BCUT2D eigenvalue weighted by Gasteiger charge is -2.41. The molecular formula is C8HCl2F15. The maximum atomic E-state index is 13.0. The van der Waals surface area contributed by atoms with Gasteiger partial charge in [-0.3, -0.25) is 0 Å². The fraction of sp³-hybridized carbons (Fsp3) is 1.00. The van der Waals surface area contributed by atoms with Crippen molar-refractivity contribution in [1.29, 1.82) is 0 Å². The van der Waals surface area contributed by atoms with Crippen LogP contribution in [0.5, 0.6) is 0 Å². The third kappa shape index (κ3) is 3.41. The lowest BCUT2D eigenvalue weighted by atomic mass is 9.92. The second kappa shape index (κ2) is 6.02. The average Bonchev–Trinajstić information content (AvgIpc) is 2.34. The van der Waals surface area contributed by atoms with Gasteiger partial charge >= 0.3 is 41.2 Å². The normalized spacial score (nSPS) is 17.6. The molecule has 152 valence electrons. The summed E-state index contributed by atoms with van der Waals surface area (Å²) in [7, 11) is 0. The third-order valence-electron chi connectivity index (χ3n) is 2.56. The Bertz CT molecular complexity index is 487. The van der Waals surface area contributed by atoms with E-state index in [1.807, 2.05) is 0 Å². The second-order valence-electron chi connectivity index (χ2n) is 4.32. The van der Waals surface area contributed by atoms with E-state index in [2.05, 4.69) is 23.2 Å². The van der Waals surface area contributed by atoms with Crippen LogP contribution in [-0.2, 0) is 0 Å². The van der Waals surface area contributed by atoms with Gasteiger partial charge in [0.2, 0.25) is 0 Å². The van der Waals surface area contributed by atoms with Crippen molar-refractivity contribution in [2.75, 3.05) is 0 Å². The van der Waals surface area contributed by atoms with E-state index in [1.165, 1.54) is 0 Å². The van der Waals surface area contributed by atoms with Gasteiger partial charge < -0.3 is 0 Å². The van der Waals surface area contributed by atoms with E-state index in [1.54, 1.807) is 0 Å². The van der Waals surface area contributed by atoms with Crippen molar-refractivity contribution < 1.29 is 65.9 Å². The highest BCUT2D eigenvalue weighted by molar-refractivity contribution is 6.31. The molecule has 1 atom stereocenters. The van der Waals surface area contributed by atoms with Gasteiger partial charge in [-0.15, -0.1) is 11.6 Å². The maximum Gasteiger partial charge on any atom is 0.460 e. The zero-order chi connectivity index (χ0) is 21.1. The quantitative estimate of drug-likeness (QED) is 0.334. The highest BCUT2D eigenvalue weighted by atomic mass is 35.5. The summed E-state index contributed by atoms with van der Waals surface area (Å²) >= 11 is 7.76. The summed E-state index contributed by atoms with van der Waals surface area (Å²) < 4.78 is 188. The first-order valence-electron chi connectivity index (χ1n) is 5.07. The van der Waals surface area contributed by atoms with Crippen molar-refractivity contribution in [3.05, 3.63) is 0 Å². The highest BCUT2D eigenvalue weighted by Gasteiger charge is 2.92. The summed E-state index contributed by atoms with van der Waals surface area (Å²) in [4.78, 5) is 0. The van der Waals surface area contributed by atoms with Crippen molar-refractivity contribution in [3.8, 4) is 0 Å². The summed E-state index contributed by atoms with van der Waals surface area (Å²) in [5.41, 5.74) is 0. The Morgan fingerprint density at radius 2 is 0.760 bits per heavy atom. The number of hydrogen-bond donors (Lipinski definition) is 0. The topological polar surface area (TPSA) is 0 Å². The molecule has 0 spiro atoms. The predicted octanol–water partition coefficient (Wildman–Crippen LogP) is 6.16. The summed E-state index contributed by atoms with van der Waals surface area (Å²) in [6.45, 7) is 0. The van der Waals surface area contributed by atoms with Crippen molar-refractivity contribution >= 4 is 23.2 Å². The molecule has 0 radical (unpaired) electrons. The van der Waals surface area contributed by atoms with Gasteiger partial charge in [0, 0.05) is 0 Å². The molecule has 1 unspecified atom stereocenters. The van der Waals surface area contributed by atoms with Crippen LogP contribution >= 0.6 is 23.2 Å². The lowest BCUT2D eigenvalue weighted by Crippen LogP contribution is -2.72. The molecule has 0 heterocycles. The molecule has 0 amide bonds. The van der Waals surface area contributed by atoms with Crippen LogP contribution in [0.1, 0.15) is 0 Å². The van der Waals surface area contributed by atoms with Gasteiger partial charge in [0.25, 0.3) is 0 Å². The summed E-state index contributed by atoms with van der Waals surface area (Å²) in [6, 6.07) is 0. The van der Waals surface area contributed by atoms with Gasteiger partial charge in [-0.1, -0.05) is 0 Å². The van der Waals surface area contributed by atoms with E-state index in [4.69, 9.17) is 0 Å². The maximum absolute atomic E-state index is 13.0. The number of halogens is 17. The minimum absolute atomic E-state index is 3.76. The van der Waals surface area contributed by atoms with Gasteiger partial charge in [-0.05, 0) is 11.6 Å². The Morgan fingerprint density at radius 1 is 0.480 bits per heavy atom. The fourth-order valence-electron chi connectivity index (χ4n) is 1.15. The molecule has 0 fully saturated rings. The Balaban J connectivity index is 6.40. The Morgan fingerprint density at radius 3 is 1.00 bits per heavy atom. The van der Waals surface area contributed by atoms with Crippen LogP contribution in [0.3, 0.4) is 0 Å². The largest absolute Gasteiger partial charge is 0.460 e. The van der Waals surface area contributed by atoms with E-state index in [0.717, 1.165) is 0 Å². The number of rotatable bonds is 6. The fourth-order valence-corrected chi connectivity index (χ4v) is 1.42. The van der Waals surface area contributed by atoms with E-state index in [0.29, 0.717) is 0 Å². The minimum atomic E-state index is -8.20. The molecule has 0 aliphatic rings. The van der Waals surface area contributed by atoms with Gasteiger partial charge in [0.15, 0.2) is 5.38 Å². The third-order valence-corrected chi connectivity index (χ3v) is 3.44. The summed E-state index contributed by atoms with van der Waals surface area (Å²) in [5.74, 6) is -39.4. The molecule has 0 aliphatic heterocycles. The molecule has 0 aromatic rings. The summed E-state index contributed by atoms with van der Waals surface area (Å²) in [5, 5.41) is -10.6. The van der Waals surface area contributed by atoms with Crippen LogP contribution < -0.4 is 0 Å². The number of hydrogen-bond acceptors (Lipinski definition) is 0. The second-order valence-corrected chi connectivity index (χ2v) is 5.26. The molecular weight excluding hydrogens is 452 g/mol. The van der Waals surface area contributed by atoms with Crippen molar-refractivity contribution in [2.45, 2.75) is 46.5 Å². The first-order valence-corrected chi connectivity index (χ1v) is 5.88. The van der Waals surface area contributed by atoms with Crippen LogP contribution in [0.25, 0.3) is 0 Å². The predicted molar refractivity (Wildman–Crippen MR) is 51.2 cm³/mol. The van der Waals surface area contributed by atoms with E-state index in [9.17, 15) is 65.9 Å². The Labute approximate surface area is 136 Å². The average molecular weight is 453 g/mol. The molecule has 0 aromatic heterocycles. The van der Waals surface area contributed by atoms with Gasteiger partial charge in [0.1, 0.15) is 0 Å². The standard InChI is InChI=1S/C8HCl2F15/c9-1(3(10,13)14)2(11,12)4(15,16)5(17,18)6(19,20)7(21,22)8(23,24)25/h1H. The summed E-state index contributed by atoms with van der Waals surface area (Å²) in [6.07, 6.45) is -7.60. The van der Waals surface area contributed by atoms with Crippen LogP contribution in [0.4, 0.5) is 65.9 Å². The first kappa shape index (κ1) is 24.5. The van der Waals surface area contributed by atoms with Crippen molar-refractivity contribution in [2.24, 2.45) is 0 Å². The first-order chi connectivity index (χ1) is 10.4. The molecule has 0 saturated carbocycles. The number of alkyl halides is 17. The molecule has 0 N–H and O–H groups in total. The monoisotopic (exact) mass is 452 g/mol. The van der Waals surface area contributed by atoms with Gasteiger partial charge in [-0.25, -0.2) is 0 Å². The molecule has 0 bridgehead atoms. The molecule has 17 heteroatoms. The molecule has 0 nitrogen and oxygen atoms in total. The molecule has 0 aliphatic carbocycles. The zero-order valence-corrected chi connectivity index (χ0v) is 12.0. The Hall–Kier alpha value is -0.470. The molecule has 25 heavy (non-hydrogen) atoms.